The number of benzene rings is 2. The van der Waals surface area contributed by atoms with Gasteiger partial charge in [-0.15, -0.1) is 0 Å². The number of amides is 2. The largest absolute Gasteiger partial charge is 0.349 e. The number of piperidine rings is 1. The van der Waals surface area contributed by atoms with Gasteiger partial charge in [0, 0.05) is 56.7 Å². The summed E-state index contributed by atoms with van der Waals surface area (Å²) in [6.45, 7) is 1.22. The summed E-state index contributed by atoms with van der Waals surface area (Å²) in [4.78, 5) is 46.3. The number of hydrogen-bond acceptors (Lipinski definition) is 5. The standard InChI is InChI=1S/C26H26ClF2N5O3/c27-20-4-2-1-3-19(20)21(35)15-17-5-7-18(8-6-17)33-25(37)23-22(31-16-32-23)24(36)30-11-14-34-12-9-26(28,29)10-13-34/h1-8,16H,9-15H2,(H,30,36)(H,31,32)(H,33,37). The third-order valence-electron chi connectivity index (χ3n) is 6.13. The smallest absolute Gasteiger partial charge is 0.276 e. The first-order valence-corrected chi connectivity index (χ1v) is 12.2. The quantitative estimate of drug-likeness (QED) is 0.360. The number of nitrogens with zero attached hydrogens (tertiary/aromatic N) is 2. The molecule has 11 heteroatoms. The van der Waals surface area contributed by atoms with E-state index in [-0.39, 0.29) is 56.1 Å². The van der Waals surface area contributed by atoms with E-state index in [1.165, 1.54) is 6.33 Å². The third kappa shape index (κ3) is 6.99. The number of nitrogens with one attached hydrogen (secondary N) is 3. The van der Waals surface area contributed by atoms with Gasteiger partial charge in [-0.1, -0.05) is 35.9 Å². The number of rotatable bonds is 9. The van der Waals surface area contributed by atoms with Gasteiger partial charge in [-0.25, -0.2) is 13.8 Å². The monoisotopic (exact) mass is 529 g/mol. The van der Waals surface area contributed by atoms with Crippen molar-refractivity contribution < 1.29 is 23.2 Å². The molecule has 1 aromatic heterocycles. The maximum Gasteiger partial charge on any atom is 0.276 e. The molecule has 4 rings (SSSR count). The molecular weight excluding hydrogens is 504 g/mol. The highest BCUT2D eigenvalue weighted by atomic mass is 35.5. The van der Waals surface area contributed by atoms with Crippen LogP contribution in [-0.4, -0.2) is 64.6 Å². The lowest BCUT2D eigenvalue weighted by Gasteiger charge is -2.31. The van der Waals surface area contributed by atoms with Crippen LogP contribution in [0.4, 0.5) is 14.5 Å². The number of likely N-dealkylation sites (tertiary alicyclic amines) is 1. The van der Waals surface area contributed by atoms with Crippen LogP contribution in [0.3, 0.4) is 0 Å². The van der Waals surface area contributed by atoms with E-state index in [0.29, 0.717) is 22.8 Å². The first-order chi connectivity index (χ1) is 17.7. The van der Waals surface area contributed by atoms with E-state index >= 15 is 0 Å². The molecule has 1 fully saturated rings. The van der Waals surface area contributed by atoms with Crippen LogP contribution in [0.1, 0.15) is 49.7 Å². The Hall–Kier alpha value is -3.63. The van der Waals surface area contributed by atoms with Gasteiger partial charge >= 0.3 is 0 Å². The molecule has 37 heavy (non-hydrogen) atoms. The maximum absolute atomic E-state index is 13.3. The zero-order chi connectivity index (χ0) is 26.4. The zero-order valence-corrected chi connectivity index (χ0v) is 20.7. The number of carbonyl (C=O) groups excluding carboxylic acids is 3. The molecule has 1 saturated heterocycles. The Labute approximate surface area is 217 Å². The first-order valence-electron chi connectivity index (χ1n) is 11.8. The number of hydrogen-bond donors (Lipinski definition) is 3. The molecular formula is C26H26ClF2N5O3. The predicted octanol–water partition coefficient (Wildman–Crippen LogP) is 4.20. The van der Waals surface area contributed by atoms with Gasteiger partial charge in [0.15, 0.2) is 11.5 Å². The molecule has 8 nitrogen and oxygen atoms in total. The number of alkyl halides is 2. The molecule has 0 bridgehead atoms. The molecule has 1 aliphatic heterocycles. The Balaban J connectivity index is 1.29. The van der Waals surface area contributed by atoms with Gasteiger partial charge in [-0.3, -0.25) is 14.4 Å². The number of ketones is 1. The van der Waals surface area contributed by atoms with Crippen LogP contribution in [0.2, 0.25) is 5.02 Å². The van der Waals surface area contributed by atoms with Crippen molar-refractivity contribution in [3.05, 3.63) is 82.4 Å². The van der Waals surface area contributed by atoms with Crippen molar-refractivity contribution in [1.82, 2.24) is 20.2 Å². The van der Waals surface area contributed by atoms with Gasteiger partial charge in [0.25, 0.3) is 17.7 Å². The van der Waals surface area contributed by atoms with Crippen LogP contribution in [0, 0.1) is 0 Å². The topological polar surface area (TPSA) is 107 Å². The predicted molar refractivity (Wildman–Crippen MR) is 135 cm³/mol. The number of carbonyl (C=O) groups is 3. The highest BCUT2D eigenvalue weighted by Gasteiger charge is 2.33. The van der Waals surface area contributed by atoms with Crippen LogP contribution < -0.4 is 10.6 Å². The van der Waals surface area contributed by atoms with Crippen LogP contribution >= 0.6 is 11.6 Å². The Kier molecular flexibility index (Phi) is 8.30. The van der Waals surface area contributed by atoms with E-state index in [0.717, 1.165) is 5.56 Å². The number of halogens is 3. The molecule has 3 N–H and O–H groups in total. The molecule has 0 radical (unpaired) electrons. The fourth-order valence-corrected chi connectivity index (χ4v) is 4.26. The van der Waals surface area contributed by atoms with Gasteiger partial charge < -0.3 is 20.5 Å². The van der Waals surface area contributed by atoms with Crippen LogP contribution in [-0.2, 0) is 6.42 Å². The SMILES string of the molecule is O=C(Cc1ccc(NC(=O)c2nc[nH]c2C(=O)NCCN2CCC(F)(F)CC2)cc1)c1ccccc1Cl. The van der Waals surface area contributed by atoms with E-state index in [9.17, 15) is 23.2 Å². The minimum absolute atomic E-state index is 0.00429. The molecule has 2 heterocycles. The summed E-state index contributed by atoms with van der Waals surface area (Å²) in [5.74, 6) is -3.83. The fourth-order valence-electron chi connectivity index (χ4n) is 4.02. The van der Waals surface area contributed by atoms with E-state index in [2.05, 4.69) is 20.6 Å². The Morgan fingerprint density at radius 2 is 1.73 bits per heavy atom. The van der Waals surface area contributed by atoms with Crippen molar-refractivity contribution in [2.24, 2.45) is 0 Å². The summed E-state index contributed by atoms with van der Waals surface area (Å²) >= 11 is 6.09. The van der Waals surface area contributed by atoms with Gasteiger partial charge in [-0.2, -0.15) is 0 Å². The molecule has 0 unspecified atom stereocenters. The second-order valence-electron chi connectivity index (χ2n) is 8.81. The van der Waals surface area contributed by atoms with Crippen molar-refractivity contribution in [3.8, 4) is 0 Å². The van der Waals surface area contributed by atoms with Gasteiger partial charge in [0.2, 0.25) is 0 Å². The maximum atomic E-state index is 13.3. The van der Waals surface area contributed by atoms with Crippen molar-refractivity contribution >= 4 is 34.9 Å². The zero-order valence-electron chi connectivity index (χ0n) is 19.9. The summed E-state index contributed by atoms with van der Waals surface area (Å²) < 4.78 is 26.5. The lowest BCUT2D eigenvalue weighted by molar-refractivity contribution is -0.0547. The lowest BCUT2D eigenvalue weighted by Crippen LogP contribution is -2.43. The van der Waals surface area contributed by atoms with Crippen LogP contribution in [0.5, 0.6) is 0 Å². The Bertz CT molecular complexity index is 1270. The van der Waals surface area contributed by atoms with Crippen molar-refractivity contribution in [1.29, 1.82) is 0 Å². The van der Waals surface area contributed by atoms with Crippen LogP contribution in [0.15, 0.2) is 54.9 Å². The number of anilines is 1. The van der Waals surface area contributed by atoms with E-state index in [4.69, 9.17) is 11.6 Å². The minimum atomic E-state index is -2.62. The second-order valence-corrected chi connectivity index (χ2v) is 9.22. The Morgan fingerprint density at radius 1 is 1.03 bits per heavy atom. The average molecular weight is 530 g/mol. The Morgan fingerprint density at radius 3 is 2.43 bits per heavy atom. The number of Topliss-reactive ketones (excluding diaryl/α,β-unsaturated/α-hetero) is 1. The molecule has 194 valence electrons. The van der Waals surface area contributed by atoms with Crippen LogP contribution in [0.25, 0.3) is 0 Å². The van der Waals surface area contributed by atoms with Gasteiger partial charge in [0.1, 0.15) is 5.69 Å². The third-order valence-corrected chi connectivity index (χ3v) is 6.46. The van der Waals surface area contributed by atoms with Crippen molar-refractivity contribution in [2.45, 2.75) is 25.2 Å². The van der Waals surface area contributed by atoms with E-state index in [1.807, 2.05) is 4.90 Å². The normalized spacial score (nSPS) is 15.2. The highest BCUT2D eigenvalue weighted by molar-refractivity contribution is 6.34. The minimum Gasteiger partial charge on any atom is -0.349 e. The summed E-state index contributed by atoms with van der Waals surface area (Å²) in [5, 5.41) is 5.78. The first kappa shape index (κ1) is 26.4. The molecule has 0 saturated carbocycles. The van der Waals surface area contributed by atoms with Gasteiger partial charge in [-0.05, 0) is 29.8 Å². The molecule has 2 aromatic carbocycles. The summed E-state index contributed by atoms with van der Waals surface area (Å²) in [7, 11) is 0. The number of H-pyrrole nitrogens is 1. The van der Waals surface area contributed by atoms with Gasteiger partial charge in [0.05, 0.1) is 11.3 Å². The van der Waals surface area contributed by atoms with E-state index in [1.54, 1.807) is 48.5 Å². The molecule has 0 atom stereocenters. The number of imidazole rings is 1. The highest BCUT2D eigenvalue weighted by Crippen LogP contribution is 2.27. The number of aromatic amines is 1. The molecule has 0 spiro atoms. The number of aromatic nitrogens is 2. The lowest BCUT2D eigenvalue weighted by atomic mass is 10.0. The molecule has 2 amide bonds. The molecule has 1 aliphatic rings. The average Bonchev–Trinajstić information content (AvgIpc) is 3.37. The summed E-state index contributed by atoms with van der Waals surface area (Å²) in [6.07, 6.45) is 1.02. The van der Waals surface area contributed by atoms with E-state index < -0.39 is 17.7 Å². The summed E-state index contributed by atoms with van der Waals surface area (Å²) in [5.41, 5.74) is 1.59. The molecule has 0 aliphatic carbocycles. The van der Waals surface area contributed by atoms with Crippen molar-refractivity contribution in [3.63, 3.8) is 0 Å². The second kappa shape index (κ2) is 11.6. The fraction of sp³-hybridized carbons (Fsp3) is 0.308. The molecule has 3 aromatic rings. The summed E-state index contributed by atoms with van der Waals surface area (Å²) in [6, 6.07) is 13.6. The van der Waals surface area contributed by atoms with Crippen molar-refractivity contribution in [2.75, 3.05) is 31.5 Å².